The molecule has 1 unspecified atom stereocenters. The van der Waals surface area contributed by atoms with E-state index in [-0.39, 0.29) is 5.97 Å². The van der Waals surface area contributed by atoms with Gasteiger partial charge in [0.2, 0.25) is 0 Å². The zero-order valence-electron chi connectivity index (χ0n) is 14.4. The van der Waals surface area contributed by atoms with Crippen LogP contribution in [0.5, 0.6) is 5.75 Å². The number of thioether (sulfide) groups is 1. The topological polar surface area (TPSA) is 71.3 Å². The van der Waals surface area contributed by atoms with Crippen molar-refractivity contribution in [2.45, 2.75) is 17.9 Å². The molecule has 0 heterocycles. The van der Waals surface area contributed by atoms with Gasteiger partial charge in [0.05, 0.1) is 25.3 Å². The van der Waals surface area contributed by atoms with Crippen molar-refractivity contribution in [2.24, 2.45) is 0 Å². The highest BCUT2D eigenvalue weighted by atomic mass is 32.2. The highest BCUT2D eigenvalue weighted by molar-refractivity contribution is 7.98. The molecule has 0 aliphatic rings. The standard InChI is InChI=1S/C19H20N2O3S/c1-4-24-19(22)18(21-15-8-5-13(12-20)6-9-15)14-7-10-16(23-2)17(11-14)25-3/h5-11,18,21H,4H2,1-3H3. The molecule has 0 bridgehead atoms. The number of anilines is 1. The van der Waals surface area contributed by atoms with E-state index < -0.39 is 6.04 Å². The Morgan fingerprint density at radius 2 is 2.00 bits per heavy atom. The van der Waals surface area contributed by atoms with Crippen LogP contribution in [0.15, 0.2) is 47.4 Å². The summed E-state index contributed by atoms with van der Waals surface area (Å²) < 4.78 is 10.5. The molecule has 0 saturated carbocycles. The van der Waals surface area contributed by atoms with E-state index in [1.165, 1.54) is 0 Å². The molecule has 6 heteroatoms. The molecule has 25 heavy (non-hydrogen) atoms. The summed E-state index contributed by atoms with van der Waals surface area (Å²) >= 11 is 1.55. The molecule has 2 aromatic carbocycles. The van der Waals surface area contributed by atoms with Crippen LogP contribution >= 0.6 is 11.8 Å². The van der Waals surface area contributed by atoms with Crippen LogP contribution < -0.4 is 10.1 Å². The third kappa shape index (κ3) is 4.68. The van der Waals surface area contributed by atoms with Gasteiger partial charge in [-0.1, -0.05) is 6.07 Å². The van der Waals surface area contributed by atoms with Crippen molar-refractivity contribution >= 4 is 23.4 Å². The van der Waals surface area contributed by atoms with Crippen molar-refractivity contribution in [1.29, 1.82) is 5.26 Å². The number of nitrogens with one attached hydrogen (secondary N) is 1. The lowest BCUT2D eigenvalue weighted by Crippen LogP contribution is -2.23. The van der Waals surface area contributed by atoms with Gasteiger partial charge in [0.1, 0.15) is 5.75 Å². The van der Waals surface area contributed by atoms with Crippen LogP contribution in [0.3, 0.4) is 0 Å². The van der Waals surface area contributed by atoms with Crippen molar-refractivity contribution in [3.05, 3.63) is 53.6 Å². The molecule has 0 spiro atoms. The largest absolute Gasteiger partial charge is 0.496 e. The fraction of sp³-hybridized carbons (Fsp3) is 0.263. The van der Waals surface area contributed by atoms with Gasteiger partial charge < -0.3 is 14.8 Å². The van der Waals surface area contributed by atoms with Gasteiger partial charge in [0, 0.05) is 10.6 Å². The zero-order valence-corrected chi connectivity index (χ0v) is 15.2. The van der Waals surface area contributed by atoms with E-state index in [1.54, 1.807) is 50.1 Å². The molecule has 0 aliphatic carbocycles. The fourth-order valence-corrected chi connectivity index (χ4v) is 2.95. The molecular formula is C19H20N2O3S. The van der Waals surface area contributed by atoms with Crippen molar-refractivity contribution < 1.29 is 14.3 Å². The number of esters is 1. The molecule has 2 rings (SSSR count). The van der Waals surface area contributed by atoms with E-state index in [9.17, 15) is 4.79 Å². The lowest BCUT2D eigenvalue weighted by molar-refractivity contribution is -0.144. The molecule has 0 radical (unpaired) electrons. The van der Waals surface area contributed by atoms with Gasteiger partial charge in [-0.05, 0) is 55.1 Å². The van der Waals surface area contributed by atoms with Crippen molar-refractivity contribution in [3.63, 3.8) is 0 Å². The van der Waals surface area contributed by atoms with Crippen LogP contribution in [0.1, 0.15) is 24.1 Å². The SMILES string of the molecule is CCOC(=O)C(Nc1ccc(C#N)cc1)c1ccc(OC)c(SC)c1. The van der Waals surface area contributed by atoms with Crippen molar-refractivity contribution in [2.75, 3.05) is 25.3 Å². The van der Waals surface area contributed by atoms with E-state index in [0.29, 0.717) is 12.2 Å². The van der Waals surface area contributed by atoms with Crippen LogP contribution in [-0.4, -0.2) is 25.9 Å². The first-order chi connectivity index (χ1) is 12.1. The summed E-state index contributed by atoms with van der Waals surface area (Å²) in [4.78, 5) is 13.4. The summed E-state index contributed by atoms with van der Waals surface area (Å²) in [5, 5.41) is 12.1. The maximum atomic E-state index is 12.5. The Labute approximate surface area is 151 Å². The van der Waals surface area contributed by atoms with E-state index in [0.717, 1.165) is 21.9 Å². The highest BCUT2D eigenvalue weighted by Crippen LogP contribution is 2.32. The lowest BCUT2D eigenvalue weighted by Gasteiger charge is -2.20. The predicted octanol–water partition coefficient (Wildman–Crippen LogP) is 4.01. The molecule has 1 N–H and O–H groups in total. The van der Waals surface area contributed by atoms with E-state index in [2.05, 4.69) is 11.4 Å². The van der Waals surface area contributed by atoms with Gasteiger partial charge in [-0.2, -0.15) is 5.26 Å². The lowest BCUT2D eigenvalue weighted by atomic mass is 10.1. The van der Waals surface area contributed by atoms with Gasteiger partial charge in [-0.3, -0.25) is 0 Å². The van der Waals surface area contributed by atoms with E-state index >= 15 is 0 Å². The van der Waals surface area contributed by atoms with Crippen LogP contribution in [0.25, 0.3) is 0 Å². The number of nitrogens with zero attached hydrogens (tertiary/aromatic N) is 1. The number of carbonyl (C=O) groups excluding carboxylic acids is 1. The Morgan fingerprint density at radius 1 is 1.28 bits per heavy atom. The molecule has 0 amide bonds. The van der Waals surface area contributed by atoms with Gasteiger partial charge in [-0.25, -0.2) is 4.79 Å². The van der Waals surface area contributed by atoms with Gasteiger partial charge in [0.25, 0.3) is 0 Å². The summed E-state index contributed by atoms with van der Waals surface area (Å²) in [6.07, 6.45) is 1.95. The van der Waals surface area contributed by atoms with E-state index in [1.807, 2.05) is 24.5 Å². The van der Waals surface area contributed by atoms with Crippen LogP contribution in [0, 0.1) is 11.3 Å². The Bertz CT molecular complexity index is 769. The summed E-state index contributed by atoms with van der Waals surface area (Å²) in [6.45, 7) is 2.08. The third-order valence-electron chi connectivity index (χ3n) is 3.59. The molecule has 1 atom stereocenters. The Kier molecular flexibility index (Phi) is 6.72. The fourth-order valence-electron chi connectivity index (χ4n) is 2.34. The summed E-state index contributed by atoms with van der Waals surface area (Å²) in [5.41, 5.74) is 2.08. The molecule has 2 aromatic rings. The zero-order chi connectivity index (χ0) is 18.2. The average molecular weight is 356 g/mol. The molecule has 0 aliphatic heterocycles. The van der Waals surface area contributed by atoms with Gasteiger partial charge in [-0.15, -0.1) is 11.8 Å². The Balaban J connectivity index is 2.35. The second-order valence-corrected chi connectivity index (χ2v) is 5.98. The van der Waals surface area contributed by atoms with Crippen LogP contribution in [-0.2, 0) is 9.53 Å². The normalized spacial score (nSPS) is 11.3. The predicted molar refractivity (Wildman–Crippen MR) is 98.9 cm³/mol. The minimum atomic E-state index is -0.648. The molecule has 0 aromatic heterocycles. The van der Waals surface area contributed by atoms with Crippen LogP contribution in [0.4, 0.5) is 5.69 Å². The number of methoxy groups -OCH3 is 1. The number of ether oxygens (including phenoxy) is 2. The highest BCUT2D eigenvalue weighted by Gasteiger charge is 2.23. The summed E-state index contributed by atoms with van der Waals surface area (Å²) in [7, 11) is 1.62. The van der Waals surface area contributed by atoms with Crippen molar-refractivity contribution in [3.8, 4) is 11.8 Å². The monoisotopic (exact) mass is 356 g/mol. The van der Waals surface area contributed by atoms with E-state index in [4.69, 9.17) is 14.7 Å². The molecule has 0 fully saturated rings. The Hall–Kier alpha value is -2.65. The van der Waals surface area contributed by atoms with Gasteiger partial charge in [0.15, 0.2) is 6.04 Å². The summed E-state index contributed by atoms with van der Waals surface area (Å²) in [5.74, 6) is 0.404. The number of rotatable bonds is 7. The Morgan fingerprint density at radius 3 is 2.56 bits per heavy atom. The first kappa shape index (κ1) is 18.7. The average Bonchev–Trinajstić information content (AvgIpc) is 2.66. The minimum Gasteiger partial charge on any atom is -0.496 e. The maximum Gasteiger partial charge on any atom is 0.333 e. The number of benzene rings is 2. The van der Waals surface area contributed by atoms with Crippen molar-refractivity contribution in [1.82, 2.24) is 0 Å². The first-order valence-electron chi connectivity index (χ1n) is 7.78. The molecule has 0 saturated heterocycles. The summed E-state index contributed by atoms with van der Waals surface area (Å²) in [6, 6.07) is 14.0. The molecule has 5 nitrogen and oxygen atoms in total. The molecular weight excluding hydrogens is 336 g/mol. The third-order valence-corrected chi connectivity index (χ3v) is 4.35. The van der Waals surface area contributed by atoms with Crippen LogP contribution in [0.2, 0.25) is 0 Å². The smallest absolute Gasteiger partial charge is 0.333 e. The maximum absolute atomic E-state index is 12.5. The number of nitriles is 1. The van der Waals surface area contributed by atoms with Gasteiger partial charge >= 0.3 is 5.97 Å². The quantitative estimate of drug-likeness (QED) is 0.597. The first-order valence-corrected chi connectivity index (χ1v) is 9.00. The second-order valence-electron chi connectivity index (χ2n) is 5.13. The number of carbonyl (C=O) groups is 1. The molecule has 130 valence electrons. The minimum absolute atomic E-state index is 0.302. The number of hydrogen-bond donors (Lipinski definition) is 1. The number of hydrogen-bond acceptors (Lipinski definition) is 6. The second kappa shape index (κ2) is 9.00.